The van der Waals surface area contributed by atoms with Crippen LogP contribution in [0.4, 0.5) is 11.4 Å². The summed E-state index contributed by atoms with van der Waals surface area (Å²) in [5.41, 5.74) is 10.6. The molecule has 0 saturated heterocycles. The molecule has 0 unspecified atom stereocenters. The van der Waals surface area contributed by atoms with Gasteiger partial charge in [0.1, 0.15) is 0 Å². The maximum atomic E-state index is 2.50. The highest BCUT2D eigenvalue weighted by molar-refractivity contribution is 5.93. The van der Waals surface area contributed by atoms with Crippen LogP contribution in [0.1, 0.15) is 36.1 Å². The maximum absolute atomic E-state index is 2.50. The third-order valence-electron chi connectivity index (χ3n) is 6.60. The third kappa shape index (κ3) is 1.95. The zero-order valence-corrected chi connectivity index (χ0v) is 16.8. The first-order valence-electron chi connectivity index (χ1n) is 10.4. The lowest BCUT2D eigenvalue weighted by molar-refractivity contribution is 0.699. The first kappa shape index (κ1) is 16.6. The van der Waals surface area contributed by atoms with Gasteiger partial charge >= 0.3 is 0 Å². The Morgan fingerprint density at radius 1 is 0.517 bits per heavy atom. The molecule has 1 heteroatoms. The second-order valence-electron chi connectivity index (χ2n) is 8.34. The van der Waals surface area contributed by atoms with E-state index in [1.54, 1.807) is 0 Å². The summed E-state index contributed by atoms with van der Waals surface area (Å²) in [4.78, 5) is 2.50. The molecule has 1 spiro atoms. The summed E-state index contributed by atoms with van der Waals surface area (Å²) in [5, 5.41) is 0. The number of para-hydroxylation sites is 2. The molecule has 1 aliphatic carbocycles. The van der Waals surface area contributed by atoms with E-state index in [9.17, 15) is 0 Å². The van der Waals surface area contributed by atoms with E-state index < -0.39 is 0 Å². The molecule has 4 aromatic carbocycles. The van der Waals surface area contributed by atoms with Crippen LogP contribution in [-0.2, 0) is 5.41 Å². The number of rotatable bonds is 1. The lowest BCUT2D eigenvalue weighted by Crippen LogP contribution is -2.40. The highest BCUT2D eigenvalue weighted by atomic mass is 15.2. The van der Waals surface area contributed by atoms with Crippen molar-refractivity contribution in [3.05, 3.63) is 119 Å². The van der Waals surface area contributed by atoms with Gasteiger partial charge in [0, 0.05) is 17.4 Å². The van der Waals surface area contributed by atoms with E-state index in [1.165, 1.54) is 44.8 Å². The van der Waals surface area contributed by atoms with Gasteiger partial charge in [-0.3, -0.25) is 0 Å². The molecule has 0 N–H and O–H groups in total. The largest absolute Gasteiger partial charge is 0.338 e. The van der Waals surface area contributed by atoms with Gasteiger partial charge in [-0.1, -0.05) is 84.9 Å². The van der Waals surface area contributed by atoms with Crippen molar-refractivity contribution >= 4 is 11.4 Å². The summed E-state index contributed by atoms with van der Waals surface area (Å²) in [7, 11) is 0. The molecule has 6 rings (SSSR count). The van der Waals surface area contributed by atoms with E-state index in [1.807, 2.05) is 0 Å². The minimum absolute atomic E-state index is 0.272. The summed E-state index contributed by atoms with van der Waals surface area (Å²) < 4.78 is 0. The van der Waals surface area contributed by atoms with Gasteiger partial charge in [-0.15, -0.1) is 0 Å². The Hall–Kier alpha value is -3.32. The van der Waals surface area contributed by atoms with E-state index in [0.717, 1.165) is 0 Å². The van der Waals surface area contributed by atoms with Gasteiger partial charge in [-0.2, -0.15) is 0 Å². The Labute approximate surface area is 172 Å². The van der Waals surface area contributed by atoms with Gasteiger partial charge in [0.25, 0.3) is 0 Å². The van der Waals surface area contributed by atoms with Crippen molar-refractivity contribution in [2.24, 2.45) is 0 Å². The maximum Gasteiger partial charge on any atom is 0.0754 e. The van der Waals surface area contributed by atoms with E-state index >= 15 is 0 Å². The molecule has 0 atom stereocenters. The summed E-state index contributed by atoms with van der Waals surface area (Å²) >= 11 is 0. The van der Waals surface area contributed by atoms with Crippen LogP contribution in [0.2, 0.25) is 0 Å². The normalized spacial score (nSPS) is 15.1. The van der Waals surface area contributed by atoms with Crippen molar-refractivity contribution in [2.75, 3.05) is 4.90 Å². The van der Waals surface area contributed by atoms with Gasteiger partial charge in [0.05, 0.1) is 5.41 Å². The predicted octanol–water partition coefficient (Wildman–Crippen LogP) is 6.91. The van der Waals surface area contributed by atoms with Crippen molar-refractivity contribution in [2.45, 2.75) is 25.3 Å². The van der Waals surface area contributed by atoms with Crippen LogP contribution in [0.3, 0.4) is 0 Å². The highest BCUT2D eigenvalue weighted by Gasteiger charge is 2.51. The summed E-state index contributed by atoms with van der Waals surface area (Å²) in [6.45, 7) is 4.56. The molecule has 2 aliphatic rings. The van der Waals surface area contributed by atoms with Crippen LogP contribution >= 0.6 is 0 Å². The fourth-order valence-corrected chi connectivity index (χ4v) is 5.65. The number of nitrogens with zero attached hydrogens (tertiary/aromatic N) is 1. The molecule has 4 aromatic rings. The number of benzene rings is 4. The lowest BCUT2D eigenvalue weighted by Gasteiger charge is -2.46. The van der Waals surface area contributed by atoms with Crippen LogP contribution in [-0.4, -0.2) is 6.04 Å². The molecule has 1 heterocycles. The second kappa shape index (κ2) is 5.84. The van der Waals surface area contributed by atoms with Crippen LogP contribution in [0.25, 0.3) is 11.1 Å². The molecule has 1 nitrogen and oxygen atoms in total. The minimum Gasteiger partial charge on any atom is -0.338 e. The Balaban J connectivity index is 1.84. The molecular formula is C28H23N. The van der Waals surface area contributed by atoms with Crippen molar-refractivity contribution in [1.29, 1.82) is 0 Å². The standard InChI is InChI=1S/C28H23N/c1-19(2)29-26-17-9-7-15-24(26)28(25-16-8-10-18-27(25)29)22-13-5-3-11-20(22)21-12-4-6-14-23(21)28/h3-19H,1-2H3. The molecule has 0 fully saturated rings. The van der Waals surface area contributed by atoms with Crippen LogP contribution in [0.5, 0.6) is 0 Å². The van der Waals surface area contributed by atoms with E-state index in [2.05, 4.69) is 116 Å². The first-order valence-corrected chi connectivity index (χ1v) is 10.4. The summed E-state index contributed by atoms with van der Waals surface area (Å²) in [6.07, 6.45) is 0. The fraction of sp³-hybridized carbons (Fsp3) is 0.143. The van der Waals surface area contributed by atoms with E-state index in [-0.39, 0.29) is 5.41 Å². The van der Waals surface area contributed by atoms with E-state index in [0.29, 0.717) is 6.04 Å². The second-order valence-corrected chi connectivity index (χ2v) is 8.34. The number of hydrogen-bond acceptors (Lipinski definition) is 1. The first-order chi connectivity index (χ1) is 14.2. The average molecular weight is 373 g/mol. The predicted molar refractivity (Wildman–Crippen MR) is 121 cm³/mol. The van der Waals surface area contributed by atoms with E-state index in [4.69, 9.17) is 0 Å². The minimum atomic E-state index is -0.272. The quantitative estimate of drug-likeness (QED) is 0.308. The molecule has 0 amide bonds. The number of anilines is 2. The molecule has 0 bridgehead atoms. The lowest BCUT2D eigenvalue weighted by atomic mass is 9.64. The smallest absolute Gasteiger partial charge is 0.0754 e. The summed E-state index contributed by atoms with van der Waals surface area (Å²) in [6, 6.07) is 36.3. The zero-order valence-electron chi connectivity index (χ0n) is 16.8. The molecule has 0 aromatic heterocycles. The van der Waals surface area contributed by atoms with Crippen LogP contribution in [0.15, 0.2) is 97.1 Å². The Morgan fingerprint density at radius 3 is 1.34 bits per heavy atom. The van der Waals surface area contributed by atoms with Gasteiger partial charge < -0.3 is 4.90 Å². The van der Waals surface area contributed by atoms with Crippen LogP contribution < -0.4 is 4.90 Å². The third-order valence-corrected chi connectivity index (χ3v) is 6.60. The topological polar surface area (TPSA) is 3.24 Å². The zero-order chi connectivity index (χ0) is 19.6. The van der Waals surface area contributed by atoms with Gasteiger partial charge in [-0.25, -0.2) is 0 Å². The average Bonchev–Trinajstić information content (AvgIpc) is 3.06. The number of fused-ring (bicyclic) bond motifs is 9. The number of hydrogen-bond donors (Lipinski definition) is 0. The Bertz CT molecular complexity index is 1160. The van der Waals surface area contributed by atoms with Crippen molar-refractivity contribution in [3.8, 4) is 11.1 Å². The SMILES string of the molecule is CC(C)N1c2ccccc2C2(c3ccccc3-c3ccccc32)c2ccccc21. The van der Waals surface area contributed by atoms with Crippen LogP contribution in [0, 0.1) is 0 Å². The van der Waals surface area contributed by atoms with Gasteiger partial charge in [-0.05, 0) is 59.4 Å². The molecule has 0 radical (unpaired) electrons. The molecular weight excluding hydrogens is 350 g/mol. The van der Waals surface area contributed by atoms with Crippen molar-refractivity contribution in [1.82, 2.24) is 0 Å². The van der Waals surface area contributed by atoms with Crippen molar-refractivity contribution in [3.63, 3.8) is 0 Å². The van der Waals surface area contributed by atoms with Crippen molar-refractivity contribution < 1.29 is 0 Å². The molecule has 1 aliphatic heterocycles. The molecule has 0 saturated carbocycles. The molecule has 29 heavy (non-hydrogen) atoms. The highest BCUT2D eigenvalue weighted by Crippen LogP contribution is 2.62. The summed E-state index contributed by atoms with van der Waals surface area (Å²) in [5.74, 6) is 0. The Kier molecular flexibility index (Phi) is 3.35. The fourth-order valence-electron chi connectivity index (χ4n) is 5.65. The van der Waals surface area contributed by atoms with Gasteiger partial charge in [0.15, 0.2) is 0 Å². The molecule has 140 valence electrons. The van der Waals surface area contributed by atoms with Gasteiger partial charge in [0.2, 0.25) is 0 Å². The monoisotopic (exact) mass is 373 g/mol. The Morgan fingerprint density at radius 2 is 0.897 bits per heavy atom.